The standard InChI is InChI=1S/C16H13ClN2OS/c1-19-15(10-21-12-8-6-11(17)7-9-12)18-14-5-3-2-4-13(14)16(19)20/h2-9H,10H2,1H3. The van der Waals surface area contributed by atoms with Crippen molar-refractivity contribution in [2.24, 2.45) is 7.05 Å². The molecular weight excluding hydrogens is 304 g/mol. The van der Waals surface area contributed by atoms with Gasteiger partial charge in [-0.25, -0.2) is 4.98 Å². The van der Waals surface area contributed by atoms with Crippen molar-refractivity contribution in [1.82, 2.24) is 9.55 Å². The van der Waals surface area contributed by atoms with E-state index in [0.29, 0.717) is 11.1 Å². The number of rotatable bonds is 3. The molecule has 0 fully saturated rings. The maximum absolute atomic E-state index is 12.3. The lowest BCUT2D eigenvalue weighted by Gasteiger charge is -2.09. The molecule has 5 heteroatoms. The van der Waals surface area contributed by atoms with Crippen LogP contribution in [0.25, 0.3) is 10.9 Å². The summed E-state index contributed by atoms with van der Waals surface area (Å²) in [5, 5.41) is 1.37. The first-order valence-corrected chi connectivity index (χ1v) is 7.84. The summed E-state index contributed by atoms with van der Waals surface area (Å²) in [5.41, 5.74) is 0.736. The van der Waals surface area contributed by atoms with Gasteiger partial charge >= 0.3 is 0 Å². The molecule has 0 spiro atoms. The molecule has 1 heterocycles. The fraction of sp³-hybridized carbons (Fsp3) is 0.125. The molecule has 0 saturated carbocycles. The van der Waals surface area contributed by atoms with Gasteiger partial charge in [0.05, 0.1) is 16.7 Å². The van der Waals surface area contributed by atoms with E-state index in [4.69, 9.17) is 11.6 Å². The summed E-state index contributed by atoms with van der Waals surface area (Å²) >= 11 is 7.51. The van der Waals surface area contributed by atoms with E-state index in [9.17, 15) is 4.79 Å². The molecule has 0 aliphatic carbocycles. The molecular formula is C16H13ClN2OS. The average Bonchev–Trinajstić information content (AvgIpc) is 2.51. The van der Waals surface area contributed by atoms with Crippen LogP contribution in [0.3, 0.4) is 0 Å². The van der Waals surface area contributed by atoms with Gasteiger partial charge in [0.25, 0.3) is 5.56 Å². The van der Waals surface area contributed by atoms with Gasteiger partial charge in [0, 0.05) is 17.0 Å². The van der Waals surface area contributed by atoms with Crippen LogP contribution in [0.1, 0.15) is 5.82 Å². The van der Waals surface area contributed by atoms with Crippen molar-refractivity contribution in [1.29, 1.82) is 0 Å². The summed E-state index contributed by atoms with van der Waals surface area (Å²) in [6.45, 7) is 0. The fourth-order valence-electron chi connectivity index (χ4n) is 2.07. The zero-order valence-corrected chi connectivity index (χ0v) is 13.0. The van der Waals surface area contributed by atoms with Crippen molar-refractivity contribution in [2.45, 2.75) is 10.6 Å². The van der Waals surface area contributed by atoms with E-state index >= 15 is 0 Å². The van der Waals surface area contributed by atoms with Crippen molar-refractivity contribution < 1.29 is 0 Å². The second-order valence-corrected chi connectivity index (χ2v) is 6.14. The van der Waals surface area contributed by atoms with E-state index < -0.39 is 0 Å². The lowest BCUT2D eigenvalue weighted by atomic mass is 10.2. The van der Waals surface area contributed by atoms with Gasteiger partial charge in [-0.1, -0.05) is 23.7 Å². The summed E-state index contributed by atoms with van der Waals surface area (Å²) in [6, 6.07) is 15.1. The van der Waals surface area contributed by atoms with Crippen LogP contribution in [0, 0.1) is 0 Å². The molecule has 0 unspecified atom stereocenters. The summed E-state index contributed by atoms with van der Waals surface area (Å²) in [4.78, 5) is 18.0. The Bertz CT molecular complexity index is 843. The predicted octanol–water partition coefficient (Wildman–Crippen LogP) is 3.88. The Morgan fingerprint density at radius 2 is 1.86 bits per heavy atom. The van der Waals surface area contributed by atoms with Gasteiger partial charge in [-0.05, 0) is 36.4 Å². The number of benzene rings is 2. The van der Waals surface area contributed by atoms with Gasteiger partial charge in [0.15, 0.2) is 0 Å². The second kappa shape index (κ2) is 5.92. The lowest BCUT2D eigenvalue weighted by Crippen LogP contribution is -2.21. The molecule has 0 aliphatic rings. The number of hydrogen-bond acceptors (Lipinski definition) is 3. The topological polar surface area (TPSA) is 34.9 Å². The van der Waals surface area contributed by atoms with Gasteiger partial charge < -0.3 is 0 Å². The first kappa shape index (κ1) is 14.2. The third kappa shape index (κ3) is 2.96. The second-order valence-electron chi connectivity index (χ2n) is 4.65. The molecule has 0 amide bonds. The molecule has 0 atom stereocenters. The van der Waals surface area contributed by atoms with Gasteiger partial charge in [0.1, 0.15) is 5.82 Å². The Labute approximate surface area is 131 Å². The van der Waals surface area contributed by atoms with E-state index in [1.165, 1.54) is 0 Å². The summed E-state index contributed by atoms with van der Waals surface area (Å²) in [7, 11) is 1.76. The van der Waals surface area contributed by atoms with Crippen LogP contribution < -0.4 is 5.56 Å². The van der Waals surface area contributed by atoms with Crippen LogP contribution >= 0.6 is 23.4 Å². The molecule has 21 heavy (non-hydrogen) atoms. The van der Waals surface area contributed by atoms with Gasteiger partial charge in [-0.3, -0.25) is 9.36 Å². The number of para-hydroxylation sites is 1. The molecule has 0 aliphatic heterocycles. The monoisotopic (exact) mass is 316 g/mol. The van der Waals surface area contributed by atoms with E-state index in [0.717, 1.165) is 21.3 Å². The Balaban J connectivity index is 1.92. The van der Waals surface area contributed by atoms with Crippen LogP contribution in [0.15, 0.2) is 58.2 Å². The van der Waals surface area contributed by atoms with Crippen LogP contribution in [0.5, 0.6) is 0 Å². The Kier molecular flexibility index (Phi) is 3.99. The number of aromatic nitrogens is 2. The van der Waals surface area contributed by atoms with Gasteiger partial charge in [-0.15, -0.1) is 11.8 Å². The Hall–Kier alpha value is -1.78. The third-order valence-corrected chi connectivity index (χ3v) is 4.52. The van der Waals surface area contributed by atoms with Crippen molar-refractivity contribution in [3.8, 4) is 0 Å². The minimum absolute atomic E-state index is 0.00712. The van der Waals surface area contributed by atoms with Gasteiger partial charge in [-0.2, -0.15) is 0 Å². The molecule has 0 N–H and O–H groups in total. The number of thioether (sulfide) groups is 1. The quantitative estimate of drug-likeness (QED) is 0.688. The molecule has 3 aromatic rings. The Morgan fingerprint density at radius 1 is 1.14 bits per heavy atom. The SMILES string of the molecule is Cn1c(CSc2ccc(Cl)cc2)nc2ccccc2c1=O. The first-order valence-electron chi connectivity index (χ1n) is 6.48. The average molecular weight is 317 g/mol. The van der Waals surface area contributed by atoms with E-state index in [2.05, 4.69) is 4.98 Å². The molecule has 0 radical (unpaired) electrons. The molecule has 3 nitrogen and oxygen atoms in total. The molecule has 106 valence electrons. The predicted molar refractivity (Wildman–Crippen MR) is 88.0 cm³/mol. The van der Waals surface area contributed by atoms with Crippen molar-refractivity contribution in [3.05, 3.63) is 69.7 Å². The van der Waals surface area contributed by atoms with Crippen molar-refractivity contribution >= 4 is 34.3 Å². The van der Waals surface area contributed by atoms with Crippen molar-refractivity contribution in [3.63, 3.8) is 0 Å². The highest BCUT2D eigenvalue weighted by atomic mass is 35.5. The summed E-state index contributed by atoms with van der Waals surface area (Å²) < 4.78 is 1.62. The first-order chi connectivity index (χ1) is 10.1. The third-order valence-electron chi connectivity index (χ3n) is 3.26. The smallest absolute Gasteiger partial charge is 0.261 e. The van der Waals surface area contributed by atoms with Crippen LogP contribution in [-0.4, -0.2) is 9.55 Å². The highest BCUT2D eigenvalue weighted by Crippen LogP contribution is 2.23. The molecule has 1 aromatic heterocycles. The lowest BCUT2D eigenvalue weighted by molar-refractivity contribution is 0.785. The van der Waals surface area contributed by atoms with Crippen LogP contribution in [0.4, 0.5) is 0 Å². The summed E-state index contributed by atoms with van der Waals surface area (Å²) in [5.74, 6) is 1.40. The van der Waals surface area contributed by atoms with E-state index in [1.54, 1.807) is 29.4 Å². The van der Waals surface area contributed by atoms with Crippen LogP contribution in [-0.2, 0) is 12.8 Å². The van der Waals surface area contributed by atoms with Gasteiger partial charge in [0.2, 0.25) is 0 Å². The molecule has 2 aromatic carbocycles. The molecule has 0 bridgehead atoms. The Morgan fingerprint density at radius 3 is 2.62 bits per heavy atom. The maximum atomic E-state index is 12.3. The maximum Gasteiger partial charge on any atom is 0.261 e. The number of nitrogens with zero attached hydrogens (tertiary/aromatic N) is 2. The van der Waals surface area contributed by atoms with Crippen LogP contribution in [0.2, 0.25) is 5.02 Å². The highest BCUT2D eigenvalue weighted by Gasteiger charge is 2.08. The number of halogens is 1. The van der Waals surface area contributed by atoms with E-state index in [-0.39, 0.29) is 5.56 Å². The highest BCUT2D eigenvalue weighted by molar-refractivity contribution is 7.98. The molecule has 0 saturated heterocycles. The fourth-order valence-corrected chi connectivity index (χ4v) is 3.08. The largest absolute Gasteiger partial charge is 0.299 e. The zero-order chi connectivity index (χ0) is 14.8. The normalized spacial score (nSPS) is 11.0. The van der Waals surface area contributed by atoms with E-state index in [1.807, 2.05) is 42.5 Å². The minimum Gasteiger partial charge on any atom is -0.299 e. The zero-order valence-electron chi connectivity index (χ0n) is 11.4. The number of hydrogen-bond donors (Lipinski definition) is 0. The number of fused-ring (bicyclic) bond motifs is 1. The minimum atomic E-state index is -0.00712. The van der Waals surface area contributed by atoms with Crippen molar-refractivity contribution in [2.75, 3.05) is 0 Å². The summed E-state index contributed by atoms with van der Waals surface area (Å²) in [6.07, 6.45) is 0. The molecule has 3 rings (SSSR count).